The molecule has 0 saturated carbocycles. The number of amides is 1. The maximum Gasteiger partial charge on any atom is 0.239 e. The normalized spacial score (nSPS) is 23.4. The predicted molar refractivity (Wildman–Crippen MR) is 94.0 cm³/mol. The van der Waals surface area contributed by atoms with E-state index in [1.54, 1.807) is 0 Å². The van der Waals surface area contributed by atoms with E-state index >= 15 is 0 Å². The summed E-state index contributed by atoms with van der Waals surface area (Å²) in [5.74, 6) is 0.443. The van der Waals surface area contributed by atoms with Gasteiger partial charge < -0.3 is 15.3 Å². The van der Waals surface area contributed by atoms with E-state index in [2.05, 4.69) is 5.32 Å². The van der Waals surface area contributed by atoms with E-state index in [-0.39, 0.29) is 30.3 Å². The minimum absolute atomic E-state index is 0. The molecule has 1 amide bonds. The third-order valence-electron chi connectivity index (χ3n) is 4.87. The molecule has 0 spiro atoms. The smallest absolute Gasteiger partial charge is 0.239 e. The van der Waals surface area contributed by atoms with Crippen LogP contribution in [-0.4, -0.2) is 41.6 Å². The number of aliphatic hydroxyl groups excluding tert-OH is 1. The summed E-state index contributed by atoms with van der Waals surface area (Å²) in [6.45, 7) is 2.43. The van der Waals surface area contributed by atoms with Crippen LogP contribution in [0, 0.1) is 5.92 Å². The van der Waals surface area contributed by atoms with Crippen LogP contribution in [-0.2, 0) is 4.79 Å². The molecule has 0 aromatic heterocycles. The van der Waals surface area contributed by atoms with E-state index in [0.717, 1.165) is 50.9 Å². The van der Waals surface area contributed by atoms with Gasteiger partial charge in [0.2, 0.25) is 5.91 Å². The van der Waals surface area contributed by atoms with Crippen molar-refractivity contribution in [2.45, 2.75) is 37.8 Å². The maximum atomic E-state index is 12.4. The highest BCUT2D eigenvalue weighted by atomic mass is 35.5. The Bertz CT molecular complexity index is 510. The van der Waals surface area contributed by atoms with E-state index in [0.29, 0.717) is 5.02 Å². The molecule has 2 fully saturated rings. The number of carbonyl (C=O) groups excluding carboxylic acids is 1. The number of benzene rings is 1. The second-order valence-corrected chi connectivity index (χ2v) is 6.74. The van der Waals surface area contributed by atoms with Gasteiger partial charge >= 0.3 is 0 Å². The van der Waals surface area contributed by atoms with Gasteiger partial charge in [-0.25, -0.2) is 0 Å². The lowest BCUT2D eigenvalue weighted by Crippen LogP contribution is -2.47. The summed E-state index contributed by atoms with van der Waals surface area (Å²) in [7, 11) is 0. The molecule has 0 aliphatic carbocycles. The van der Waals surface area contributed by atoms with Gasteiger partial charge in [-0.3, -0.25) is 4.79 Å². The van der Waals surface area contributed by atoms with E-state index in [1.165, 1.54) is 0 Å². The van der Waals surface area contributed by atoms with Crippen molar-refractivity contribution in [2.24, 2.45) is 5.92 Å². The van der Waals surface area contributed by atoms with Crippen molar-refractivity contribution in [1.29, 1.82) is 0 Å². The fourth-order valence-electron chi connectivity index (χ4n) is 3.48. The minimum atomic E-state index is -0.473. The molecule has 0 radical (unpaired) electrons. The Balaban J connectivity index is 0.00000192. The fraction of sp³-hybridized carbons (Fsp3) is 0.588. The topological polar surface area (TPSA) is 52.6 Å². The maximum absolute atomic E-state index is 12.4. The van der Waals surface area contributed by atoms with Gasteiger partial charge in [-0.1, -0.05) is 23.7 Å². The summed E-state index contributed by atoms with van der Waals surface area (Å²) < 4.78 is 0. The third kappa shape index (κ3) is 4.38. The molecule has 4 nitrogen and oxygen atoms in total. The van der Waals surface area contributed by atoms with Gasteiger partial charge in [0.25, 0.3) is 0 Å². The zero-order valence-corrected chi connectivity index (χ0v) is 14.7. The first-order valence-electron chi connectivity index (χ1n) is 8.11. The summed E-state index contributed by atoms with van der Waals surface area (Å²) in [6, 6.07) is 7.40. The molecule has 1 aromatic rings. The molecule has 128 valence electrons. The second-order valence-electron chi connectivity index (χ2n) is 6.31. The second kappa shape index (κ2) is 8.34. The number of aliphatic hydroxyl groups is 1. The number of halogens is 2. The Morgan fingerprint density at radius 3 is 2.43 bits per heavy atom. The van der Waals surface area contributed by atoms with E-state index < -0.39 is 6.10 Å². The van der Waals surface area contributed by atoms with Gasteiger partial charge in [0, 0.05) is 18.1 Å². The van der Waals surface area contributed by atoms with Crippen LogP contribution in [0.1, 0.15) is 37.4 Å². The highest BCUT2D eigenvalue weighted by Crippen LogP contribution is 2.31. The molecule has 3 rings (SSSR count). The first kappa shape index (κ1) is 18.5. The molecule has 2 atom stereocenters. The summed E-state index contributed by atoms with van der Waals surface area (Å²) in [5.41, 5.74) is 0.909. The van der Waals surface area contributed by atoms with Crippen LogP contribution < -0.4 is 5.32 Å². The van der Waals surface area contributed by atoms with Gasteiger partial charge in [-0.05, 0) is 55.8 Å². The minimum Gasteiger partial charge on any atom is -0.388 e. The summed E-state index contributed by atoms with van der Waals surface area (Å²) in [6.07, 6.45) is 3.26. The number of carbonyl (C=O) groups is 1. The first-order chi connectivity index (χ1) is 10.6. The number of nitrogens with zero attached hydrogens (tertiary/aromatic N) is 1. The standard InChI is InChI=1S/C17H23ClN2O2.ClH/c18-14-5-3-12(4-6-14)16(21)13-7-10-20(11-8-13)17(22)15-2-1-9-19-15;/h3-6,13,15-16,19,21H,1-2,7-11H2;1H. The zero-order valence-electron chi connectivity index (χ0n) is 13.1. The van der Waals surface area contributed by atoms with Crippen LogP contribution >= 0.6 is 24.0 Å². The molecule has 2 aliphatic heterocycles. The number of hydrogen-bond acceptors (Lipinski definition) is 3. The van der Waals surface area contributed by atoms with Crippen molar-refractivity contribution in [1.82, 2.24) is 10.2 Å². The van der Waals surface area contributed by atoms with Crippen molar-refractivity contribution >= 4 is 29.9 Å². The van der Waals surface area contributed by atoms with Crippen LogP contribution in [0.4, 0.5) is 0 Å². The van der Waals surface area contributed by atoms with Gasteiger partial charge in [-0.15, -0.1) is 12.4 Å². The number of hydrogen-bond donors (Lipinski definition) is 2. The quantitative estimate of drug-likeness (QED) is 0.873. The molecule has 0 bridgehead atoms. The lowest BCUT2D eigenvalue weighted by Gasteiger charge is -2.35. The Morgan fingerprint density at radius 1 is 1.22 bits per heavy atom. The average Bonchev–Trinajstić information content (AvgIpc) is 3.09. The summed E-state index contributed by atoms with van der Waals surface area (Å²) >= 11 is 5.89. The molecular weight excluding hydrogens is 335 g/mol. The van der Waals surface area contributed by atoms with Crippen LogP contribution in [0.2, 0.25) is 5.02 Å². The molecule has 6 heteroatoms. The molecule has 23 heavy (non-hydrogen) atoms. The summed E-state index contributed by atoms with van der Waals surface area (Å²) in [5, 5.41) is 14.5. The Hall–Kier alpha value is -0.810. The largest absolute Gasteiger partial charge is 0.388 e. The van der Waals surface area contributed by atoms with Crippen molar-refractivity contribution < 1.29 is 9.90 Å². The van der Waals surface area contributed by atoms with Crippen molar-refractivity contribution in [3.8, 4) is 0 Å². The molecular formula is C17H24Cl2N2O2. The van der Waals surface area contributed by atoms with Crippen LogP contribution in [0.5, 0.6) is 0 Å². The molecule has 2 aliphatic rings. The number of nitrogens with one attached hydrogen (secondary N) is 1. The SMILES string of the molecule is Cl.O=C(C1CCCN1)N1CCC(C(O)c2ccc(Cl)cc2)CC1. The number of piperidine rings is 1. The van der Waals surface area contributed by atoms with Crippen molar-refractivity contribution in [3.63, 3.8) is 0 Å². The third-order valence-corrected chi connectivity index (χ3v) is 5.12. The van der Waals surface area contributed by atoms with Gasteiger partial charge in [-0.2, -0.15) is 0 Å². The first-order valence-corrected chi connectivity index (χ1v) is 8.48. The molecule has 2 heterocycles. The monoisotopic (exact) mass is 358 g/mol. The van der Waals surface area contributed by atoms with Crippen LogP contribution in [0.15, 0.2) is 24.3 Å². The highest BCUT2D eigenvalue weighted by Gasteiger charge is 2.32. The average molecular weight is 359 g/mol. The van der Waals surface area contributed by atoms with Gasteiger partial charge in [0.15, 0.2) is 0 Å². The Kier molecular flexibility index (Phi) is 6.72. The van der Waals surface area contributed by atoms with Crippen molar-refractivity contribution in [2.75, 3.05) is 19.6 Å². The van der Waals surface area contributed by atoms with Crippen LogP contribution in [0.3, 0.4) is 0 Å². The Morgan fingerprint density at radius 2 is 1.87 bits per heavy atom. The predicted octanol–water partition coefficient (Wildman–Crippen LogP) is 2.79. The highest BCUT2D eigenvalue weighted by molar-refractivity contribution is 6.30. The van der Waals surface area contributed by atoms with E-state index in [4.69, 9.17) is 11.6 Å². The number of likely N-dealkylation sites (tertiary alicyclic amines) is 1. The molecule has 1 aromatic carbocycles. The van der Waals surface area contributed by atoms with E-state index in [9.17, 15) is 9.90 Å². The Labute approximate surface area is 148 Å². The molecule has 2 saturated heterocycles. The van der Waals surface area contributed by atoms with Crippen molar-refractivity contribution in [3.05, 3.63) is 34.9 Å². The lowest BCUT2D eigenvalue weighted by molar-refractivity contribution is -0.135. The summed E-state index contributed by atoms with van der Waals surface area (Å²) in [4.78, 5) is 14.3. The van der Waals surface area contributed by atoms with Gasteiger partial charge in [0.1, 0.15) is 0 Å². The molecule has 2 unspecified atom stereocenters. The van der Waals surface area contributed by atoms with E-state index in [1.807, 2.05) is 29.2 Å². The zero-order chi connectivity index (χ0) is 15.5. The van der Waals surface area contributed by atoms with Crippen LogP contribution in [0.25, 0.3) is 0 Å². The lowest BCUT2D eigenvalue weighted by atomic mass is 9.87. The van der Waals surface area contributed by atoms with Gasteiger partial charge in [0.05, 0.1) is 12.1 Å². The fourth-order valence-corrected chi connectivity index (χ4v) is 3.61. The molecule has 2 N–H and O–H groups in total. The number of rotatable bonds is 3.